The van der Waals surface area contributed by atoms with E-state index in [9.17, 15) is 14.9 Å². The number of hydrogen-bond donors (Lipinski definition) is 2. The minimum atomic E-state index is -0.526. The van der Waals surface area contributed by atoms with E-state index in [1.807, 2.05) is 45.0 Å². The van der Waals surface area contributed by atoms with Crippen LogP contribution in [0, 0.1) is 16.7 Å². The van der Waals surface area contributed by atoms with Crippen LogP contribution in [0.25, 0.3) is 0 Å². The molecule has 0 unspecified atom stereocenters. The lowest BCUT2D eigenvalue weighted by molar-refractivity contribution is 0.0240. The Morgan fingerprint density at radius 2 is 1.79 bits per heavy atom. The van der Waals surface area contributed by atoms with Gasteiger partial charge >= 0.3 is 6.09 Å². The third-order valence-electron chi connectivity index (χ3n) is 7.20. The van der Waals surface area contributed by atoms with Gasteiger partial charge in [-0.2, -0.15) is 5.26 Å². The SMILES string of the molecule is CCC(C)(CC)CNc1nc(C#N)ncc1CNC(=O)c1cccc(N2CCN(C(=O)OC(C)(C)C)CC2)c1. The molecule has 39 heavy (non-hydrogen) atoms. The highest BCUT2D eigenvalue weighted by molar-refractivity contribution is 5.95. The zero-order chi connectivity index (χ0) is 28.6. The van der Waals surface area contributed by atoms with E-state index in [0.29, 0.717) is 49.7 Å². The molecule has 1 fully saturated rings. The van der Waals surface area contributed by atoms with Crippen molar-refractivity contribution < 1.29 is 14.3 Å². The first-order valence-electron chi connectivity index (χ1n) is 13.6. The van der Waals surface area contributed by atoms with Crippen molar-refractivity contribution >= 4 is 23.5 Å². The summed E-state index contributed by atoms with van der Waals surface area (Å²) in [4.78, 5) is 37.8. The fraction of sp³-hybridized carbons (Fsp3) is 0.552. The van der Waals surface area contributed by atoms with E-state index in [1.165, 1.54) is 0 Å². The molecule has 2 amide bonds. The van der Waals surface area contributed by atoms with Gasteiger partial charge in [0.2, 0.25) is 5.82 Å². The van der Waals surface area contributed by atoms with E-state index >= 15 is 0 Å². The molecule has 1 aliphatic rings. The first-order valence-corrected chi connectivity index (χ1v) is 13.6. The first-order chi connectivity index (χ1) is 18.5. The van der Waals surface area contributed by atoms with Crippen LogP contribution in [0.2, 0.25) is 0 Å². The van der Waals surface area contributed by atoms with Crippen LogP contribution in [-0.4, -0.2) is 65.2 Å². The number of nitrogens with zero attached hydrogens (tertiary/aromatic N) is 5. The summed E-state index contributed by atoms with van der Waals surface area (Å²) in [5, 5.41) is 15.6. The van der Waals surface area contributed by atoms with Crippen LogP contribution in [0.3, 0.4) is 0 Å². The lowest BCUT2D eigenvalue weighted by Gasteiger charge is -2.36. The third-order valence-corrected chi connectivity index (χ3v) is 7.20. The van der Waals surface area contributed by atoms with Crippen molar-refractivity contribution in [2.45, 2.75) is 66.5 Å². The number of benzene rings is 1. The fourth-order valence-corrected chi connectivity index (χ4v) is 4.14. The van der Waals surface area contributed by atoms with Gasteiger partial charge in [-0.3, -0.25) is 4.79 Å². The predicted molar refractivity (Wildman–Crippen MR) is 152 cm³/mol. The van der Waals surface area contributed by atoms with Gasteiger partial charge in [0.05, 0.1) is 0 Å². The van der Waals surface area contributed by atoms with E-state index < -0.39 is 5.60 Å². The molecule has 0 atom stereocenters. The molecule has 210 valence electrons. The number of ether oxygens (including phenoxy) is 1. The molecular weight excluding hydrogens is 494 g/mol. The Bertz CT molecular complexity index is 1190. The van der Waals surface area contributed by atoms with E-state index in [2.05, 4.69) is 46.3 Å². The zero-order valence-electron chi connectivity index (χ0n) is 24.0. The summed E-state index contributed by atoms with van der Waals surface area (Å²) in [6, 6.07) is 9.45. The molecule has 0 radical (unpaired) electrons. The lowest BCUT2D eigenvalue weighted by atomic mass is 9.85. The van der Waals surface area contributed by atoms with Gasteiger partial charge in [-0.15, -0.1) is 0 Å². The van der Waals surface area contributed by atoms with Crippen LogP contribution in [-0.2, 0) is 11.3 Å². The van der Waals surface area contributed by atoms with Crippen molar-refractivity contribution in [2.24, 2.45) is 5.41 Å². The van der Waals surface area contributed by atoms with Crippen molar-refractivity contribution in [2.75, 3.05) is 42.9 Å². The number of carbonyl (C=O) groups excluding carboxylic acids is 2. The maximum absolute atomic E-state index is 13.1. The third kappa shape index (κ3) is 8.31. The highest BCUT2D eigenvalue weighted by Crippen LogP contribution is 2.26. The molecule has 1 aromatic heterocycles. The molecule has 0 saturated carbocycles. The zero-order valence-corrected chi connectivity index (χ0v) is 24.0. The van der Waals surface area contributed by atoms with Crippen LogP contribution in [0.15, 0.2) is 30.5 Å². The standard InChI is InChI=1S/C29H41N7O3/c1-7-29(6,8-2)20-33-25-22(18-31-24(17-30)34-25)19-32-26(37)21-10-9-11-23(16-21)35-12-14-36(15-13-35)27(38)39-28(3,4)5/h9-11,16,18H,7-8,12-15,19-20H2,1-6H3,(H,32,37)(H,31,33,34). The summed E-state index contributed by atoms with van der Waals surface area (Å²) in [6.45, 7) is 15.4. The number of piperazine rings is 1. The molecule has 2 aromatic rings. The summed E-state index contributed by atoms with van der Waals surface area (Å²) < 4.78 is 5.48. The molecule has 10 nitrogen and oxygen atoms in total. The van der Waals surface area contributed by atoms with E-state index in [4.69, 9.17) is 4.74 Å². The highest BCUT2D eigenvalue weighted by atomic mass is 16.6. The number of amides is 2. The van der Waals surface area contributed by atoms with Crippen molar-refractivity contribution in [3.05, 3.63) is 47.4 Å². The number of nitrogens with one attached hydrogen (secondary N) is 2. The molecule has 10 heteroatoms. The summed E-state index contributed by atoms with van der Waals surface area (Å²) in [6.07, 6.45) is 3.30. The molecule has 0 spiro atoms. The summed E-state index contributed by atoms with van der Waals surface area (Å²) in [7, 11) is 0. The second-order valence-electron chi connectivity index (χ2n) is 11.2. The average Bonchev–Trinajstić information content (AvgIpc) is 2.94. The van der Waals surface area contributed by atoms with Crippen molar-refractivity contribution in [3.63, 3.8) is 0 Å². The quantitative estimate of drug-likeness (QED) is 0.479. The molecule has 1 saturated heterocycles. The van der Waals surface area contributed by atoms with Gasteiger partial charge in [0, 0.05) is 62.3 Å². The monoisotopic (exact) mass is 535 g/mol. The Hall–Kier alpha value is -3.87. The summed E-state index contributed by atoms with van der Waals surface area (Å²) in [5.74, 6) is 0.430. The first kappa shape index (κ1) is 29.7. The maximum Gasteiger partial charge on any atom is 0.410 e. The topological polar surface area (TPSA) is 123 Å². The maximum atomic E-state index is 13.1. The van der Waals surface area contributed by atoms with Crippen LogP contribution in [0.4, 0.5) is 16.3 Å². The smallest absolute Gasteiger partial charge is 0.410 e. The normalized spacial score (nSPS) is 14.0. The van der Waals surface area contributed by atoms with Crippen LogP contribution < -0.4 is 15.5 Å². The number of nitriles is 1. The number of anilines is 2. The van der Waals surface area contributed by atoms with Gasteiger partial charge in [-0.25, -0.2) is 14.8 Å². The van der Waals surface area contributed by atoms with Crippen LogP contribution in [0.1, 0.15) is 76.1 Å². The number of rotatable bonds is 9. The van der Waals surface area contributed by atoms with E-state index in [1.54, 1.807) is 17.2 Å². The Balaban J connectivity index is 1.63. The molecule has 1 aromatic carbocycles. The molecular formula is C29H41N7O3. The van der Waals surface area contributed by atoms with E-state index in [0.717, 1.165) is 18.5 Å². The van der Waals surface area contributed by atoms with Gasteiger partial charge in [0.25, 0.3) is 5.91 Å². The molecule has 2 N–H and O–H groups in total. The number of carbonyl (C=O) groups is 2. The van der Waals surface area contributed by atoms with Crippen molar-refractivity contribution in [1.29, 1.82) is 5.26 Å². The average molecular weight is 536 g/mol. The van der Waals surface area contributed by atoms with Gasteiger partial charge in [-0.1, -0.05) is 26.8 Å². The Kier molecular flexibility index (Phi) is 9.73. The Morgan fingerprint density at radius 1 is 1.10 bits per heavy atom. The van der Waals surface area contributed by atoms with Gasteiger partial charge in [-0.05, 0) is 57.2 Å². The minimum absolute atomic E-state index is 0.0849. The van der Waals surface area contributed by atoms with Gasteiger partial charge in [0.1, 0.15) is 17.5 Å². The summed E-state index contributed by atoms with van der Waals surface area (Å²) in [5.41, 5.74) is 1.75. The Morgan fingerprint density at radius 3 is 2.41 bits per heavy atom. The summed E-state index contributed by atoms with van der Waals surface area (Å²) >= 11 is 0. The number of aromatic nitrogens is 2. The molecule has 3 rings (SSSR count). The second kappa shape index (κ2) is 12.8. The highest BCUT2D eigenvalue weighted by Gasteiger charge is 2.26. The molecule has 0 bridgehead atoms. The number of hydrogen-bond acceptors (Lipinski definition) is 8. The van der Waals surface area contributed by atoms with Gasteiger partial charge < -0.3 is 25.2 Å². The predicted octanol–water partition coefficient (Wildman–Crippen LogP) is 4.57. The van der Waals surface area contributed by atoms with Crippen LogP contribution in [0.5, 0.6) is 0 Å². The van der Waals surface area contributed by atoms with Crippen molar-refractivity contribution in [3.8, 4) is 6.07 Å². The Labute approximate surface area is 231 Å². The largest absolute Gasteiger partial charge is 0.444 e. The van der Waals surface area contributed by atoms with Crippen molar-refractivity contribution in [1.82, 2.24) is 20.2 Å². The van der Waals surface area contributed by atoms with Gasteiger partial charge in [0.15, 0.2) is 0 Å². The second-order valence-corrected chi connectivity index (χ2v) is 11.2. The molecule has 0 aliphatic carbocycles. The molecule has 2 heterocycles. The molecule has 1 aliphatic heterocycles. The lowest BCUT2D eigenvalue weighted by Crippen LogP contribution is -2.50. The van der Waals surface area contributed by atoms with Crippen LogP contribution >= 0.6 is 0 Å². The fourth-order valence-electron chi connectivity index (χ4n) is 4.14. The van der Waals surface area contributed by atoms with E-state index in [-0.39, 0.29) is 29.8 Å². The minimum Gasteiger partial charge on any atom is -0.444 e.